The molecule has 0 aromatic carbocycles. The Morgan fingerprint density at radius 2 is 2.38 bits per heavy atom. The van der Waals surface area contributed by atoms with Crippen LogP contribution in [-0.2, 0) is 0 Å². The third kappa shape index (κ3) is 2.81. The molecule has 0 saturated carbocycles. The standard InChI is InChI=1S/C9H14N2OS/c1-4-8(12)7-5-13-9(11-7)10-6(2)3/h5-6H,4H2,1-3H3,(H,10,11). The average Bonchev–Trinajstić information content (AvgIpc) is 2.50. The Bertz CT molecular complexity index is 294. The zero-order chi connectivity index (χ0) is 9.84. The monoisotopic (exact) mass is 198 g/mol. The largest absolute Gasteiger partial charge is 0.359 e. The topological polar surface area (TPSA) is 42.0 Å². The molecule has 0 bridgehead atoms. The van der Waals surface area contributed by atoms with E-state index in [4.69, 9.17) is 0 Å². The first kappa shape index (κ1) is 10.2. The van der Waals surface area contributed by atoms with Gasteiger partial charge in [-0.15, -0.1) is 11.3 Å². The highest BCUT2D eigenvalue weighted by molar-refractivity contribution is 7.13. The van der Waals surface area contributed by atoms with Gasteiger partial charge in [0.25, 0.3) is 0 Å². The van der Waals surface area contributed by atoms with E-state index in [9.17, 15) is 4.79 Å². The Morgan fingerprint density at radius 3 is 2.92 bits per heavy atom. The van der Waals surface area contributed by atoms with Gasteiger partial charge in [-0.25, -0.2) is 4.98 Å². The molecule has 0 spiro atoms. The molecule has 0 unspecified atom stereocenters. The molecule has 13 heavy (non-hydrogen) atoms. The van der Waals surface area contributed by atoms with Crippen molar-refractivity contribution < 1.29 is 4.79 Å². The van der Waals surface area contributed by atoms with E-state index >= 15 is 0 Å². The number of nitrogens with one attached hydrogen (secondary N) is 1. The third-order valence-corrected chi connectivity index (χ3v) is 2.30. The molecule has 1 aromatic heterocycles. The fourth-order valence-corrected chi connectivity index (χ4v) is 1.76. The van der Waals surface area contributed by atoms with Crippen molar-refractivity contribution in [2.24, 2.45) is 0 Å². The summed E-state index contributed by atoms with van der Waals surface area (Å²) in [5, 5.41) is 5.79. The van der Waals surface area contributed by atoms with E-state index < -0.39 is 0 Å². The molecule has 0 amide bonds. The highest BCUT2D eigenvalue weighted by Gasteiger charge is 2.08. The minimum atomic E-state index is 0.105. The summed E-state index contributed by atoms with van der Waals surface area (Å²) in [5.74, 6) is 0.105. The van der Waals surface area contributed by atoms with Crippen molar-refractivity contribution in [3.8, 4) is 0 Å². The molecule has 0 aliphatic carbocycles. The molecule has 3 nitrogen and oxygen atoms in total. The van der Waals surface area contributed by atoms with Crippen molar-refractivity contribution in [2.45, 2.75) is 33.2 Å². The summed E-state index contributed by atoms with van der Waals surface area (Å²) in [6.07, 6.45) is 0.519. The van der Waals surface area contributed by atoms with Gasteiger partial charge in [0.15, 0.2) is 10.9 Å². The van der Waals surface area contributed by atoms with E-state index in [1.165, 1.54) is 11.3 Å². The minimum Gasteiger partial charge on any atom is -0.359 e. The molecule has 72 valence electrons. The molecule has 0 radical (unpaired) electrons. The van der Waals surface area contributed by atoms with Crippen molar-refractivity contribution in [1.82, 2.24) is 4.98 Å². The molecule has 1 aromatic rings. The molecule has 1 heterocycles. The molecular formula is C9H14N2OS. The fourth-order valence-electron chi connectivity index (χ4n) is 0.896. The van der Waals surface area contributed by atoms with E-state index in [1.807, 2.05) is 20.8 Å². The smallest absolute Gasteiger partial charge is 0.183 e. The van der Waals surface area contributed by atoms with Gasteiger partial charge in [0.05, 0.1) is 0 Å². The van der Waals surface area contributed by atoms with Crippen LogP contribution in [0.2, 0.25) is 0 Å². The van der Waals surface area contributed by atoms with Crippen LogP contribution in [0.25, 0.3) is 0 Å². The SMILES string of the molecule is CCC(=O)c1csc(NC(C)C)n1. The second kappa shape index (κ2) is 4.37. The number of thiazole rings is 1. The van der Waals surface area contributed by atoms with Gasteiger partial charge in [0, 0.05) is 17.8 Å². The van der Waals surface area contributed by atoms with Crippen LogP contribution >= 0.6 is 11.3 Å². The zero-order valence-corrected chi connectivity index (χ0v) is 8.94. The number of Topliss-reactive ketones (excluding diaryl/α,β-unsaturated/α-hetero) is 1. The van der Waals surface area contributed by atoms with Crippen molar-refractivity contribution in [1.29, 1.82) is 0 Å². The van der Waals surface area contributed by atoms with Gasteiger partial charge < -0.3 is 5.32 Å². The van der Waals surface area contributed by atoms with Gasteiger partial charge in [-0.05, 0) is 13.8 Å². The van der Waals surface area contributed by atoms with E-state index in [2.05, 4.69) is 10.3 Å². The summed E-state index contributed by atoms with van der Waals surface area (Å²) < 4.78 is 0. The summed E-state index contributed by atoms with van der Waals surface area (Å²) >= 11 is 1.48. The first-order chi connectivity index (χ1) is 6.13. The number of hydrogen-bond donors (Lipinski definition) is 1. The maximum Gasteiger partial charge on any atom is 0.183 e. The van der Waals surface area contributed by atoms with Crippen LogP contribution in [0.1, 0.15) is 37.7 Å². The highest BCUT2D eigenvalue weighted by Crippen LogP contribution is 2.17. The lowest BCUT2D eigenvalue weighted by Gasteiger charge is -2.04. The molecule has 1 rings (SSSR count). The molecule has 0 saturated heterocycles. The number of anilines is 1. The second-order valence-electron chi connectivity index (χ2n) is 3.11. The molecule has 1 N–H and O–H groups in total. The maximum atomic E-state index is 11.2. The van der Waals surface area contributed by atoms with Crippen LogP contribution in [-0.4, -0.2) is 16.8 Å². The van der Waals surface area contributed by atoms with Crippen molar-refractivity contribution in [2.75, 3.05) is 5.32 Å². The number of carbonyl (C=O) groups excluding carboxylic acids is 1. The minimum absolute atomic E-state index is 0.105. The number of nitrogens with zero attached hydrogens (tertiary/aromatic N) is 1. The lowest BCUT2D eigenvalue weighted by molar-refractivity contribution is 0.0984. The van der Waals surface area contributed by atoms with Crippen molar-refractivity contribution >= 4 is 22.3 Å². The first-order valence-electron chi connectivity index (χ1n) is 4.38. The second-order valence-corrected chi connectivity index (χ2v) is 3.97. The summed E-state index contributed by atoms with van der Waals surface area (Å²) in [5.41, 5.74) is 0.579. The molecule has 0 fully saturated rings. The summed E-state index contributed by atoms with van der Waals surface area (Å²) in [7, 11) is 0. The van der Waals surface area contributed by atoms with Crippen LogP contribution in [0.15, 0.2) is 5.38 Å². The quantitative estimate of drug-likeness (QED) is 0.756. The maximum absolute atomic E-state index is 11.2. The number of hydrogen-bond acceptors (Lipinski definition) is 4. The summed E-state index contributed by atoms with van der Waals surface area (Å²) in [4.78, 5) is 15.4. The number of aromatic nitrogens is 1. The van der Waals surface area contributed by atoms with Crippen molar-refractivity contribution in [3.05, 3.63) is 11.1 Å². The van der Waals surface area contributed by atoms with E-state index in [-0.39, 0.29) is 5.78 Å². The Hall–Kier alpha value is -0.900. The Morgan fingerprint density at radius 1 is 1.69 bits per heavy atom. The molecular weight excluding hydrogens is 184 g/mol. The molecule has 0 aliphatic heterocycles. The van der Waals surface area contributed by atoms with Crippen LogP contribution < -0.4 is 5.32 Å². The molecule has 0 aliphatic rings. The van der Waals surface area contributed by atoms with Gasteiger partial charge in [0.1, 0.15) is 5.69 Å². The number of carbonyl (C=O) groups is 1. The average molecular weight is 198 g/mol. The Kier molecular flexibility index (Phi) is 3.42. The first-order valence-corrected chi connectivity index (χ1v) is 5.26. The van der Waals surface area contributed by atoms with Crippen LogP contribution in [0.3, 0.4) is 0 Å². The third-order valence-electron chi connectivity index (χ3n) is 1.52. The summed E-state index contributed by atoms with van der Waals surface area (Å²) in [6, 6.07) is 0.357. The van der Waals surface area contributed by atoms with Crippen LogP contribution in [0.4, 0.5) is 5.13 Å². The van der Waals surface area contributed by atoms with Crippen molar-refractivity contribution in [3.63, 3.8) is 0 Å². The summed E-state index contributed by atoms with van der Waals surface area (Å²) in [6.45, 7) is 5.93. The van der Waals surface area contributed by atoms with Gasteiger partial charge in [-0.2, -0.15) is 0 Å². The van der Waals surface area contributed by atoms with Gasteiger partial charge in [-0.1, -0.05) is 6.92 Å². The van der Waals surface area contributed by atoms with Gasteiger partial charge in [0.2, 0.25) is 0 Å². The zero-order valence-electron chi connectivity index (χ0n) is 8.13. The normalized spacial score (nSPS) is 10.5. The Labute approximate surface area is 82.2 Å². The van der Waals surface area contributed by atoms with Crippen LogP contribution in [0.5, 0.6) is 0 Å². The lowest BCUT2D eigenvalue weighted by atomic mass is 10.2. The predicted octanol–water partition coefficient (Wildman–Crippen LogP) is 2.56. The molecule has 4 heteroatoms. The number of rotatable bonds is 4. The van der Waals surface area contributed by atoms with Crippen LogP contribution in [0, 0.1) is 0 Å². The fraction of sp³-hybridized carbons (Fsp3) is 0.556. The van der Waals surface area contributed by atoms with Gasteiger partial charge in [-0.3, -0.25) is 4.79 Å². The van der Waals surface area contributed by atoms with E-state index in [0.717, 1.165) is 5.13 Å². The van der Waals surface area contributed by atoms with E-state index in [1.54, 1.807) is 5.38 Å². The molecule has 0 atom stereocenters. The van der Waals surface area contributed by atoms with Gasteiger partial charge >= 0.3 is 0 Å². The van der Waals surface area contributed by atoms with E-state index in [0.29, 0.717) is 18.2 Å². The highest BCUT2D eigenvalue weighted by atomic mass is 32.1. The lowest BCUT2D eigenvalue weighted by Crippen LogP contribution is -2.09. The number of ketones is 1. The predicted molar refractivity (Wildman–Crippen MR) is 55.5 cm³/mol. The Balaban J connectivity index is 2.69.